The molecule has 0 heterocycles. The van der Waals surface area contributed by atoms with Crippen LogP contribution in [0.1, 0.15) is 31.4 Å². The van der Waals surface area contributed by atoms with Crippen molar-refractivity contribution in [3.05, 3.63) is 29.3 Å². The smallest absolute Gasteiger partial charge is 0.119 e. The molecule has 2 nitrogen and oxygen atoms in total. The molecule has 2 N–H and O–H groups in total. The highest BCUT2D eigenvalue weighted by atomic mass is 79.9. The van der Waals surface area contributed by atoms with Crippen molar-refractivity contribution < 1.29 is 5.11 Å². The second-order valence-corrected chi connectivity index (χ2v) is 4.68. The Labute approximate surface area is 108 Å². The molecule has 1 aromatic carbocycles. The average Bonchev–Trinajstić information content (AvgIpc) is 2.17. The molecule has 1 atom stereocenters. The van der Waals surface area contributed by atoms with E-state index in [1.165, 1.54) is 5.56 Å². The standard InChI is InChI=1S/C13H19NO.BrH/c1-9(2)14-11-6-7-12-10(8-11)4-3-5-13(12)15;/h3-5,9,11,14-15H,6-8H2,1-2H3;1H. The van der Waals surface area contributed by atoms with E-state index in [-0.39, 0.29) is 17.0 Å². The molecule has 0 aliphatic heterocycles. The molecule has 0 bridgehead atoms. The van der Waals surface area contributed by atoms with Gasteiger partial charge in [0, 0.05) is 12.1 Å². The average molecular weight is 286 g/mol. The van der Waals surface area contributed by atoms with Crippen molar-refractivity contribution in [3.63, 3.8) is 0 Å². The number of benzene rings is 1. The zero-order valence-electron chi connectivity index (χ0n) is 9.86. The molecular formula is C13H20BrNO. The minimum absolute atomic E-state index is 0. The van der Waals surface area contributed by atoms with Crippen LogP contribution in [-0.2, 0) is 12.8 Å². The molecule has 0 radical (unpaired) electrons. The molecule has 1 aromatic rings. The molecule has 0 fully saturated rings. The Kier molecular flexibility index (Phi) is 4.81. The van der Waals surface area contributed by atoms with Crippen LogP contribution in [0.5, 0.6) is 5.75 Å². The molecule has 3 heteroatoms. The number of hydrogen-bond acceptors (Lipinski definition) is 2. The van der Waals surface area contributed by atoms with Gasteiger partial charge >= 0.3 is 0 Å². The van der Waals surface area contributed by atoms with Gasteiger partial charge in [0.05, 0.1) is 0 Å². The number of nitrogens with one attached hydrogen (secondary N) is 1. The minimum atomic E-state index is 0. The van der Waals surface area contributed by atoms with Crippen molar-refractivity contribution in [1.29, 1.82) is 0 Å². The van der Waals surface area contributed by atoms with Crippen LogP contribution in [0.15, 0.2) is 18.2 Å². The Balaban J connectivity index is 0.00000128. The summed E-state index contributed by atoms with van der Waals surface area (Å²) in [7, 11) is 0. The molecule has 16 heavy (non-hydrogen) atoms. The quantitative estimate of drug-likeness (QED) is 0.876. The van der Waals surface area contributed by atoms with E-state index in [0.29, 0.717) is 17.8 Å². The van der Waals surface area contributed by atoms with Crippen LogP contribution in [-0.4, -0.2) is 17.2 Å². The molecule has 0 aromatic heterocycles. The fraction of sp³-hybridized carbons (Fsp3) is 0.538. The first-order chi connectivity index (χ1) is 7.16. The lowest BCUT2D eigenvalue weighted by molar-refractivity contribution is 0.408. The van der Waals surface area contributed by atoms with Crippen molar-refractivity contribution in [2.45, 2.75) is 45.2 Å². The highest BCUT2D eigenvalue weighted by Gasteiger charge is 2.20. The van der Waals surface area contributed by atoms with E-state index in [0.717, 1.165) is 24.8 Å². The maximum atomic E-state index is 9.70. The maximum Gasteiger partial charge on any atom is 0.119 e. The van der Waals surface area contributed by atoms with E-state index < -0.39 is 0 Å². The van der Waals surface area contributed by atoms with Crippen molar-refractivity contribution in [3.8, 4) is 5.75 Å². The van der Waals surface area contributed by atoms with Gasteiger partial charge in [0.15, 0.2) is 0 Å². The van der Waals surface area contributed by atoms with E-state index in [1.807, 2.05) is 6.07 Å². The summed E-state index contributed by atoms with van der Waals surface area (Å²) in [5, 5.41) is 13.3. The first-order valence-electron chi connectivity index (χ1n) is 5.72. The molecule has 2 rings (SSSR count). The summed E-state index contributed by atoms with van der Waals surface area (Å²) in [6.07, 6.45) is 3.16. The van der Waals surface area contributed by atoms with E-state index >= 15 is 0 Å². The van der Waals surface area contributed by atoms with Gasteiger partial charge in [-0.1, -0.05) is 26.0 Å². The summed E-state index contributed by atoms with van der Waals surface area (Å²) in [5.41, 5.74) is 2.46. The zero-order valence-corrected chi connectivity index (χ0v) is 11.6. The number of phenolic OH excluding ortho intramolecular Hbond substituents is 1. The van der Waals surface area contributed by atoms with Crippen LogP contribution in [0.25, 0.3) is 0 Å². The normalized spacial score (nSPS) is 19.1. The Morgan fingerprint density at radius 3 is 2.81 bits per heavy atom. The van der Waals surface area contributed by atoms with Gasteiger partial charge in [0.25, 0.3) is 0 Å². The number of fused-ring (bicyclic) bond motifs is 1. The Bertz CT molecular complexity index is 352. The first-order valence-corrected chi connectivity index (χ1v) is 5.72. The highest BCUT2D eigenvalue weighted by Crippen LogP contribution is 2.28. The van der Waals surface area contributed by atoms with Crippen molar-refractivity contribution >= 4 is 17.0 Å². The largest absolute Gasteiger partial charge is 0.508 e. The van der Waals surface area contributed by atoms with Crippen LogP contribution >= 0.6 is 17.0 Å². The fourth-order valence-electron chi connectivity index (χ4n) is 2.40. The monoisotopic (exact) mass is 285 g/mol. The SMILES string of the molecule is Br.CC(C)NC1CCc2c(O)cccc2C1. The van der Waals surface area contributed by atoms with Crippen molar-refractivity contribution in [1.82, 2.24) is 5.32 Å². The Hall–Kier alpha value is -0.540. The number of phenols is 1. The van der Waals surface area contributed by atoms with Crippen LogP contribution in [0, 0.1) is 0 Å². The summed E-state index contributed by atoms with van der Waals surface area (Å²) in [6.45, 7) is 4.36. The lowest BCUT2D eigenvalue weighted by Gasteiger charge is -2.27. The van der Waals surface area contributed by atoms with Crippen LogP contribution in [0.2, 0.25) is 0 Å². The number of aromatic hydroxyl groups is 1. The maximum absolute atomic E-state index is 9.70. The van der Waals surface area contributed by atoms with Crippen molar-refractivity contribution in [2.24, 2.45) is 0 Å². The van der Waals surface area contributed by atoms with Gasteiger partial charge in [-0.3, -0.25) is 0 Å². The summed E-state index contributed by atoms with van der Waals surface area (Å²) in [4.78, 5) is 0. The third kappa shape index (κ3) is 2.98. The van der Waals surface area contributed by atoms with Crippen LogP contribution in [0.3, 0.4) is 0 Å². The molecule has 1 unspecified atom stereocenters. The lowest BCUT2D eigenvalue weighted by atomic mass is 9.87. The first kappa shape index (κ1) is 13.5. The second-order valence-electron chi connectivity index (χ2n) is 4.68. The Morgan fingerprint density at radius 2 is 2.12 bits per heavy atom. The lowest BCUT2D eigenvalue weighted by Crippen LogP contribution is -2.38. The Morgan fingerprint density at radius 1 is 1.38 bits per heavy atom. The number of halogens is 1. The van der Waals surface area contributed by atoms with Gasteiger partial charge in [-0.05, 0) is 36.5 Å². The molecule has 0 amide bonds. The molecule has 1 aliphatic rings. The molecule has 0 saturated heterocycles. The van der Waals surface area contributed by atoms with Gasteiger partial charge in [-0.15, -0.1) is 17.0 Å². The molecule has 0 spiro atoms. The van der Waals surface area contributed by atoms with Gasteiger partial charge in [0.2, 0.25) is 0 Å². The van der Waals surface area contributed by atoms with E-state index in [4.69, 9.17) is 0 Å². The van der Waals surface area contributed by atoms with Gasteiger partial charge in [-0.25, -0.2) is 0 Å². The molecule has 90 valence electrons. The second kappa shape index (κ2) is 5.69. The van der Waals surface area contributed by atoms with Gasteiger partial charge < -0.3 is 10.4 Å². The van der Waals surface area contributed by atoms with Crippen LogP contribution < -0.4 is 5.32 Å². The third-order valence-electron chi connectivity index (χ3n) is 3.03. The van der Waals surface area contributed by atoms with Gasteiger partial charge in [0.1, 0.15) is 5.75 Å². The summed E-state index contributed by atoms with van der Waals surface area (Å²) in [5.74, 6) is 0.468. The predicted molar refractivity (Wildman–Crippen MR) is 72.5 cm³/mol. The number of rotatable bonds is 2. The minimum Gasteiger partial charge on any atom is -0.508 e. The topological polar surface area (TPSA) is 32.3 Å². The summed E-state index contributed by atoms with van der Waals surface area (Å²) < 4.78 is 0. The number of hydrogen-bond donors (Lipinski definition) is 2. The zero-order chi connectivity index (χ0) is 10.8. The molecule has 1 aliphatic carbocycles. The third-order valence-corrected chi connectivity index (χ3v) is 3.03. The predicted octanol–water partition coefficient (Wildman–Crippen LogP) is 2.83. The van der Waals surface area contributed by atoms with Crippen molar-refractivity contribution in [2.75, 3.05) is 0 Å². The van der Waals surface area contributed by atoms with E-state index in [2.05, 4.69) is 25.2 Å². The summed E-state index contributed by atoms with van der Waals surface area (Å²) in [6, 6.07) is 6.96. The van der Waals surface area contributed by atoms with E-state index in [9.17, 15) is 5.11 Å². The summed E-state index contributed by atoms with van der Waals surface area (Å²) >= 11 is 0. The van der Waals surface area contributed by atoms with E-state index in [1.54, 1.807) is 6.07 Å². The fourth-order valence-corrected chi connectivity index (χ4v) is 2.40. The van der Waals surface area contributed by atoms with Crippen LogP contribution in [0.4, 0.5) is 0 Å². The highest BCUT2D eigenvalue weighted by molar-refractivity contribution is 8.93. The van der Waals surface area contributed by atoms with Gasteiger partial charge in [-0.2, -0.15) is 0 Å². The molecular weight excluding hydrogens is 266 g/mol. The molecule has 0 saturated carbocycles.